The molecule has 2 heterocycles. The highest BCUT2D eigenvalue weighted by Gasteiger charge is 2.24. The molecule has 0 radical (unpaired) electrons. The van der Waals surface area contributed by atoms with Gasteiger partial charge in [-0.25, -0.2) is 4.98 Å². The normalized spacial score (nSPS) is 24.4. The van der Waals surface area contributed by atoms with Crippen LogP contribution in [0.15, 0.2) is 12.4 Å². The van der Waals surface area contributed by atoms with Crippen LogP contribution in [0, 0.1) is 0 Å². The molecular weight excluding hydrogens is 252 g/mol. The molecule has 2 fully saturated rings. The van der Waals surface area contributed by atoms with E-state index in [1.807, 2.05) is 6.20 Å². The average molecular weight is 278 g/mol. The van der Waals surface area contributed by atoms with E-state index in [0.717, 1.165) is 44.7 Å². The minimum atomic E-state index is 0.278. The summed E-state index contributed by atoms with van der Waals surface area (Å²) in [7, 11) is 0. The number of hydrogen-bond acceptors (Lipinski definition) is 4. The van der Waals surface area contributed by atoms with Gasteiger partial charge in [-0.15, -0.1) is 0 Å². The Balaban J connectivity index is 1.55. The van der Waals surface area contributed by atoms with Crippen LogP contribution in [0.1, 0.15) is 32.5 Å². The minimum Gasteiger partial charge on any atom is -0.374 e. The molecule has 0 amide bonds. The van der Waals surface area contributed by atoms with Gasteiger partial charge >= 0.3 is 0 Å². The summed E-state index contributed by atoms with van der Waals surface area (Å²) in [6.45, 7) is 9.20. The molecule has 1 aliphatic heterocycles. The Hall–Kier alpha value is -0.910. The van der Waals surface area contributed by atoms with Crippen molar-refractivity contribution in [3.8, 4) is 0 Å². The lowest BCUT2D eigenvalue weighted by atomic mass is 10.2. The van der Waals surface area contributed by atoms with E-state index >= 15 is 0 Å². The van der Waals surface area contributed by atoms with Crippen molar-refractivity contribution in [3.05, 3.63) is 18.2 Å². The van der Waals surface area contributed by atoms with Gasteiger partial charge in [0.1, 0.15) is 5.82 Å². The molecule has 112 valence electrons. The SMILES string of the molecule is CC(C)N1CCOC(Cn2ccnc2CNC2CC2)C1. The van der Waals surface area contributed by atoms with E-state index in [0.29, 0.717) is 6.04 Å². The van der Waals surface area contributed by atoms with Crippen LogP contribution in [-0.2, 0) is 17.8 Å². The molecule has 1 N–H and O–H groups in total. The van der Waals surface area contributed by atoms with Crippen LogP contribution < -0.4 is 5.32 Å². The van der Waals surface area contributed by atoms with Gasteiger partial charge in [0.25, 0.3) is 0 Å². The molecule has 1 aromatic heterocycles. The van der Waals surface area contributed by atoms with Crippen LogP contribution in [0.5, 0.6) is 0 Å². The van der Waals surface area contributed by atoms with Crippen molar-refractivity contribution in [2.75, 3.05) is 19.7 Å². The zero-order valence-corrected chi connectivity index (χ0v) is 12.6. The second kappa shape index (κ2) is 6.24. The number of nitrogens with one attached hydrogen (secondary N) is 1. The van der Waals surface area contributed by atoms with Crippen molar-refractivity contribution in [1.82, 2.24) is 19.8 Å². The standard InChI is InChI=1S/C15H26N4O/c1-12(2)18-7-8-20-14(10-18)11-19-6-5-16-15(19)9-17-13-3-4-13/h5-6,12-14,17H,3-4,7-11H2,1-2H3. The summed E-state index contributed by atoms with van der Waals surface area (Å²) in [4.78, 5) is 6.96. The maximum absolute atomic E-state index is 5.91. The summed E-state index contributed by atoms with van der Waals surface area (Å²) >= 11 is 0. The van der Waals surface area contributed by atoms with E-state index in [2.05, 4.69) is 39.8 Å². The van der Waals surface area contributed by atoms with Gasteiger partial charge < -0.3 is 14.6 Å². The van der Waals surface area contributed by atoms with Gasteiger partial charge in [0, 0.05) is 37.6 Å². The fraction of sp³-hybridized carbons (Fsp3) is 0.800. The summed E-state index contributed by atoms with van der Waals surface area (Å²) in [6.07, 6.45) is 6.88. The molecule has 2 aliphatic rings. The molecule has 1 unspecified atom stereocenters. The van der Waals surface area contributed by atoms with E-state index in [1.165, 1.54) is 12.8 Å². The average Bonchev–Trinajstić information content (AvgIpc) is 3.17. The van der Waals surface area contributed by atoms with Crippen molar-refractivity contribution in [2.45, 2.75) is 58.0 Å². The summed E-state index contributed by atoms with van der Waals surface area (Å²) in [5, 5.41) is 3.53. The molecule has 1 aliphatic carbocycles. The van der Waals surface area contributed by atoms with Crippen molar-refractivity contribution in [1.29, 1.82) is 0 Å². The van der Waals surface area contributed by atoms with Gasteiger partial charge in [0.05, 0.1) is 25.8 Å². The summed E-state index contributed by atoms with van der Waals surface area (Å²) in [5.74, 6) is 1.13. The lowest BCUT2D eigenvalue weighted by Crippen LogP contribution is -2.47. The van der Waals surface area contributed by atoms with E-state index in [-0.39, 0.29) is 6.10 Å². The van der Waals surface area contributed by atoms with E-state index in [9.17, 15) is 0 Å². The fourth-order valence-electron chi connectivity index (χ4n) is 2.74. The third kappa shape index (κ3) is 3.59. The third-order valence-electron chi connectivity index (χ3n) is 4.23. The lowest BCUT2D eigenvalue weighted by molar-refractivity contribution is -0.0459. The fourth-order valence-corrected chi connectivity index (χ4v) is 2.74. The maximum Gasteiger partial charge on any atom is 0.122 e. The Kier molecular flexibility index (Phi) is 4.38. The zero-order chi connectivity index (χ0) is 13.9. The van der Waals surface area contributed by atoms with Crippen LogP contribution in [0.4, 0.5) is 0 Å². The Morgan fingerprint density at radius 3 is 3.05 bits per heavy atom. The Labute approximate surface area is 121 Å². The largest absolute Gasteiger partial charge is 0.374 e. The molecule has 0 spiro atoms. The quantitative estimate of drug-likeness (QED) is 0.850. The number of imidazole rings is 1. The van der Waals surface area contributed by atoms with Gasteiger partial charge in [-0.05, 0) is 26.7 Å². The first kappa shape index (κ1) is 14.0. The first-order valence-corrected chi connectivity index (χ1v) is 7.81. The molecule has 3 rings (SSSR count). The lowest BCUT2D eigenvalue weighted by Gasteiger charge is -2.35. The molecule has 1 aromatic rings. The molecule has 1 saturated heterocycles. The van der Waals surface area contributed by atoms with Gasteiger partial charge in [0.15, 0.2) is 0 Å². The van der Waals surface area contributed by atoms with Crippen LogP contribution >= 0.6 is 0 Å². The number of ether oxygens (including phenoxy) is 1. The topological polar surface area (TPSA) is 42.3 Å². The highest BCUT2D eigenvalue weighted by atomic mass is 16.5. The molecule has 0 bridgehead atoms. The molecule has 1 atom stereocenters. The maximum atomic E-state index is 5.91. The highest BCUT2D eigenvalue weighted by molar-refractivity contribution is 4.95. The number of aromatic nitrogens is 2. The molecule has 20 heavy (non-hydrogen) atoms. The summed E-state index contributed by atoms with van der Waals surface area (Å²) in [5.41, 5.74) is 0. The smallest absolute Gasteiger partial charge is 0.122 e. The molecule has 5 nitrogen and oxygen atoms in total. The van der Waals surface area contributed by atoms with Crippen LogP contribution in [0.25, 0.3) is 0 Å². The number of morpholine rings is 1. The van der Waals surface area contributed by atoms with Crippen LogP contribution in [0.3, 0.4) is 0 Å². The predicted molar refractivity (Wildman–Crippen MR) is 78.5 cm³/mol. The van der Waals surface area contributed by atoms with Gasteiger partial charge in [-0.3, -0.25) is 4.90 Å². The highest BCUT2D eigenvalue weighted by Crippen LogP contribution is 2.19. The van der Waals surface area contributed by atoms with E-state index < -0.39 is 0 Å². The van der Waals surface area contributed by atoms with E-state index in [4.69, 9.17) is 4.74 Å². The second-order valence-corrected chi connectivity index (χ2v) is 6.23. The monoisotopic (exact) mass is 278 g/mol. The Morgan fingerprint density at radius 2 is 2.30 bits per heavy atom. The van der Waals surface area contributed by atoms with Crippen molar-refractivity contribution in [2.24, 2.45) is 0 Å². The predicted octanol–water partition coefficient (Wildman–Crippen LogP) is 1.24. The van der Waals surface area contributed by atoms with Crippen LogP contribution in [-0.4, -0.2) is 52.3 Å². The minimum absolute atomic E-state index is 0.278. The second-order valence-electron chi connectivity index (χ2n) is 6.23. The van der Waals surface area contributed by atoms with Gasteiger partial charge in [0.2, 0.25) is 0 Å². The molecule has 0 aromatic carbocycles. The van der Waals surface area contributed by atoms with Crippen LogP contribution in [0.2, 0.25) is 0 Å². The first-order valence-electron chi connectivity index (χ1n) is 7.81. The van der Waals surface area contributed by atoms with Crippen molar-refractivity contribution < 1.29 is 4.74 Å². The van der Waals surface area contributed by atoms with Crippen molar-refractivity contribution >= 4 is 0 Å². The third-order valence-corrected chi connectivity index (χ3v) is 4.23. The number of nitrogens with zero attached hydrogens (tertiary/aromatic N) is 3. The Bertz CT molecular complexity index is 427. The molecular formula is C15H26N4O. The number of hydrogen-bond donors (Lipinski definition) is 1. The molecule has 1 saturated carbocycles. The molecule has 5 heteroatoms. The van der Waals surface area contributed by atoms with Crippen molar-refractivity contribution in [3.63, 3.8) is 0 Å². The first-order chi connectivity index (χ1) is 9.72. The number of rotatable bonds is 6. The van der Waals surface area contributed by atoms with Gasteiger partial charge in [-0.2, -0.15) is 0 Å². The van der Waals surface area contributed by atoms with E-state index in [1.54, 1.807) is 0 Å². The summed E-state index contributed by atoms with van der Waals surface area (Å²) in [6, 6.07) is 1.32. The van der Waals surface area contributed by atoms with Gasteiger partial charge in [-0.1, -0.05) is 0 Å². The summed E-state index contributed by atoms with van der Waals surface area (Å²) < 4.78 is 8.15. The Morgan fingerprint density at radius 1 is 1.45 bits per heavy atom. The zero-order valence-electron chi connectivity index (χ0n) is 12.6.